The van der Waals surface area contributed by atoms with Crippen LogP contribution < -0.4 is 10.0 Å². The fourth-order valence-corrected chi connectivity index (χ4v) is 2.52. The van der Waals surface area contributed by atoms with E-state index in [4.69, 9.17) is 16.0 Å². The van der Waals surface area contributed by atoms with Crippen LogP contribution >= 0.6 is 11.6 Å². The molecule has 0 amide bonds. The van der Waals surface area contributed by atoms with Gasteiger partial charge in [0.2, 0.25) is 10.0 Å². The molecule has 0 radical (unpaired) electrons. The van der Waals surface area contributed by atoms with E-state index in [-0.39, 0.29) is 0 Å². The molecule has 2 aromatic rings. The lowest BCUT2D eigenvalue weighted by Gasteiger charge is -2.04. The third-order valence-electron chi connectivity index (χ3n) is 2.77. The molecule has 7 heteroatoms. The van der Waals surface area contributed by atoms with Crippen LogP contribution in [0.5, 0.6) is 0 Å². The van der Waals surface area contributed by atoms with E-state index in [1.54, 1.807) is 0 Å². The Morgan fingerprint density at radius 1 is 1.14 bits per heavy atom. The molecule has 2 rings (SSSR count). The lowest BCUT2D eigenvalue weighted by Crippen LogP contribution is -2.30. The van der Waals surface area contributed by atoms with Gasteiger partial charge in [0, 0.05) is 18.7 Å². The van der Waals surface area contributed by atoms with E-state index >= 15 is 0 Å². The Bertz CT molecular complexity index is 698. The van der Waals surface area contributed by atoms with E-state index in [1.165, 1.54) is 0 Å². The Morgan fingerprint density at radius 3 is 2.62 bits per heavy atom. The first-order valence-electron chi connectivity index (χ1n) is 6.45. The van der Waals surface area contributed by atoms with Crippen molar-refractivity contribution in [2.45, 2.75) is 6.54 Å². The number of rotatable bonds is 7. The number of hydrogen-bond donors (Lipinski definition) is 2. The summed E-state index contributed by atoms with van der Waals surface area (Å²) in [6, 6.07) is 11.2. The molecule has 1 aromatic carbocycles. The number of furan rings is 1. The number of sulfonamides is 1. The Morgan fingerprint density at radius 2 is 1.90 bits per heavy atom. The molecule has 2 N–H and O–H groups in total. The molecule has 0 saturated carbocycles. The van der Waals surface area contributed by atoms with Gasteiger partial charge in [-0.05, 0) is 24.3 Å². The molecule has 1 heterocycles. The van der Waals surface area contributed by atoms with Crippen molar-refractivity contribution < 1.29 is 12.8 Å². The first kappa shape index (κ1) is 16.0. The number of halogens is 1. The van der Waals surface area contributed by atoms with Crippen LogP contribution in [0.25, 0.3) is 11.3 Å². The Kier molecular flexibility index (Phi) is 5.41. The van der Waals surface area contributed by atoms with E-state index in [1.807, 2.05) is 36.4 Å². The second kappa shape index (κ2) is 7.09. The number of hydrogen-bond acceptors (Lipinski definition) is 4. The molecule has 21 heavy (non-hydrogen) atoms. The molecule has 0 bridgehead atoms. The summed E-state index contributed by atoms with van der Waals surface area (Å²) < 4.78 is 29.9. The zero-order chi connectivity index (χ0) is 15.3. The van der Waals surface area contributed by atoms with Gasteiger partial charge in [-0.25, -0.2) is 13.1 Å². The highest BCUT2D eigenvalue weighted by Gasteiger charge is 2.07. The van der Waals surface area contributed by atoms with Gasteiger partial charge in [0.05, 0.1) is 17.8 Å². The Balaban J connectivity index is 1.85. The van der Waals surface area contributed by atoms with Crippen LogP contribution in [-0.4, -0.2) is 27.8 Å². The van der Waals surface area contributed by atoms with Crippen molar-refractivity contribution in [2.24, 2.45) is 0 Å². The maximum atomic E-state index is 10.9. The summed E-state index contributed by atoms with van der Waals surface area (Å²) in [5, 5.41) is 3.74. The van der Waals surface area contributed by atoms with Crippen molar-refractivity contribution in [3.05, 3.63) is 47.2 Å². The second-order valence-electron chi connectivity index (χ2n) is 4.59. The van der Waals surface area contributed by atoms with Crippen LogP contribution in [0.3, 0.4) is 0 Å². The number of benzene rings is 1. The van der Waals surface area contributed by atoms with E-state index in [9.17, 15) is 8.42 Å². The largest absolute Gasteiger partial charge is 0.460 e. The quantitative estimate of drug-likeness (QED) is 0.765. The van der Waals surface area contributed by atoms with E-state index in [0.717, 1.165) is 17.6 Å². The summed E-state index contributed by atoms with van der Waals surface area (Å²) in [7, 11) is -3.13. The third-order valence-corrected chi connectivity index (χ3v) is 3.82. The van der Waals surface area contributed by atoms with E-state index in [2.05, 4.69) is 10.0 Å². The SMILES string of the molecule is CS(=O)(=O)NCCNCc1ccc(-c2ccccc2Cl)o1. The fraction of sp³-hybridized carbons (Fsp3) is 0.286. The Labute approximate surface area is 129 Å². The summed E-state index contributed by atoms with van der Waals surface area (Å²) in [6.45, 7) is 1.39. The van der Waals surface area contributed by atoms with Gasteiger partial charge in [-0.3, -0.25) is 0 Å². The second-order valence-corrected chi connectivity index (χ2v) is 6.83. The van der Waals surface area contributed by atoms with Crippen LogP contribution in [-0.2, 0) is 16.6 Å². The minimum absolute atomic E-state index is 0.344. The average molecular weight is 329 g/mol. The smallest absolute Gasteiger partial charge is 0.208 e. The van der Waals surface area contributed by atoms with Gasteiger partial charge in [-0.15, -0.1) is 0 Å². The molecule has 0 unspecified atom stereocenters. The van der Waals surface area contributed by atoms with Gasteiger partial charge in [0.15, 0.2) is 0 Å². The van der Waals surface area contributed by atoms with Crippen LogP contribution in [0.2, 0.25) is 5.02 Å². The molecule has 0 aliphatic carbocycles. The van der Waals surface area contributed by atoms with Gasteiger partial charge in [0.1, 0.15) is 11.5 Å². The molecule has 0 spiro atoms. The predicted octanol–water partition coefficient (Wildman–Crippen LogP) is 2.24. The molecule has 0 fully saturated rings. The molecule has 0 aliphatic heterocycles. The predicted molar refractivity (Wildman–Crippen MR) is 83.7 cm³/mol. The zero-order valence-electron chi connectivity index (χ0n) is 11.6. The molecule has 1 aromatic heterocycles. The van der Waals surface area contributed by atoms with E-state index in [0.29, 0.717) is 30.4 Å². The highest BCUT2D eigenvalue weighted by molar-refractivity contribution is 7.88. The van der Waals surface area contributed by atoms with E-state index < -0.39 is 10.0 Å². The maximum Gasteiger partial charge on any atom is 0.208 e. The minimum Gasteiger partial charge on any atom is -0.460 e. The summed E-state index contributed by atoms with van der Waals surface area (Å²) in [4.78, 5) is 0. The maximum absolute atomic E-state index is 10.9. The molecule has 0 atom stereocenters. The summed E-state index contributed by atoms with van der Waals surface area (Å²) in [6.07, 6.45) is 1.13. The van der Waals surface area contributed by atoms with Gasteiger partial charge < -0.3 is 9.73 Å². The average Bonchev–Trinajstić information content (AvgIpc) is 2.86. The van der Waals surface area contributed by atoms with Gasteiger partial charge >= 0.3 is 0 Å². The van der Waals surface area contributed by atoms with Crippen molar-refractivity contribution >= 4 is 21.6 Å². The van der Waals surface area contributed by atoms with Crippen molar-refractivity contribution in [3.8, 4) is 11.3 Å². The summed E-state index contributed by atoms with van der Waals surface area (Å²) in [5.74, 6) is 1.48. The van der Waals surface area contributed by atoms with Gasteiger partial charge in [-0.2, -0.15) is 0 Å². The van der Waals surface area contributed by atoms with Crippen molar-refractivity contribution in [1.29, 1.82) is 0 Å². The first-order chi connectivity index (χ1) is 9.96. The van der Waals surface area contributed by atoms with Crippen molar-refractivity contribution in [2.75, 3.05) is 19.3 Å². The fourth-order valence-electron chi connectivity index (χ4n) is 1.82. The topological polar surface area (TPSA) is 71.3 Å². The Hall–Kier alpha value is -1.34. The molecular formula is C14H17ClN2O3S. The van der Waals surface area contributed by atoms with Crippen LogP contribution in [0.1, 0.15) is 5.76 Å². The number of nitrogens with one attached hydrogen (secondary N) is 2. The minimum atomic E-state index is -3.13. The van der Waals surface area contributed by atoms with Crippen molar-refractivity contribution in [1.82, 2.24) is 10.0 Å². The first-order valence-corrected chi connectivity index (χ1v) is 8.71. The monoisotopic (exact) mass is 328 g/mol. The van der Waals surface area contributed by atoms with Crippen LogP contribution in [0, 0.1) is 0 Å². The van der Waals surface area contributed by atoms with Gasteiger partial charge in [0.25, 0.3) is 0 Å². The summed E-state index contributed by atoms with van der Waals surface area (Å²) in [5.41, 5.74) is 0.851. The summed E-state index contributed by atoms with van der Waals surface area (Å²) >= 11 is 6.12. The lowest BCUT2D eigenvalue weighted by molar-refractivity contribution is 0.494. The molecule has 114 valence electrons. The lowest BCUT2D eigenvalue weighted by atomic mass is 10.2. The highest BCUT2D eigenvalue weighted by atomic mass is 35.5. The molecular weight excluding hydrogens is 312 g/mol. The van der Waals surface area contributed by atoms with Crippen LogP contribution in [0.15, 0.2) is 40.8 Å². The van der Waals surface area contributed by atoms with Gasteiger partial charge in [-0.1, -0.05) is 23.7 Å². The van der Waals surface area contributed by atoms with Crippen molar-refractivity contribution in [3.63, 3.8) is 0 Å². The zero-order valence-corrected chi connectivity index (χ0v) is 13.2. The molecule has 5 nitrogen and oxygen atoms in total. The third kappa shape index (κ3) is 5.17. The standard InChI is InChI=1S/C14H17ClN2O3S/c1-21(18,19)17-9-8-16-10-11-6-7-14(20-11)12-4-2-3-5-13(12)15/h2-7,16-17H,8-10H2,1H3. The highest BCUT2D eigenvalue weighted by Crippen LogP contribution is 2.28. The van der Waals surface area contributed by atoms with Crippen LogP contribution in [0.4, 0.5) is 0 Å². The molecule has 0 aliphatic rings. The molecule has 0 saturated heterocycles. The normalized spacial score (nSPS) is 11.7.